The third-order valence-corrected chi connectivity index (χ3v) is 3.04. The summed E-state index contributed by atoms with van der Waals surface area (Å²) in [6, 6.07) is 5.91. The lowest BCUT2D eigenvalue weighted by atomic mass is 10.1. The lowest BCUT2D eigenvalue weighted by Gasteiger charge is -2.21. The molecule has 0 bridgehead atoms. The molecule has 0 aliphatic carbocycles. The first-order chi connectivity index (χ1) is 9.43. The molecule has 0 aromatic heterocycles. The van der Waals surface area contributed by atoms with Crippen LogP contribution in [0.2, 0.25) is 0 Å². The number of hydrogen-bond donors (Lipinski definition) is 3. The summed E-state index contributed by atoms with van der Waals surface area (Å²) in [5.41, 5.74) is 6.75. The van der Waals surface area contributed by atoms with Gasteiger partial charge in [-0.2, -0.15) is 0 Å². The van der Waals surface area contributed by atoms with E-state index in [1.807, 2.05) is 0 Å². The maximum atomic E-state index is 12.0. The van der Waals surface area contributed by atoms with Gasteiger partial charge in [0.2, 0.25) is 11.8 Å². The van der Waals surface area contributed by atoms with Gasteiger partial charge in [0.15, 0.2) is 0 Å². The molecule has 2 amide bonds. The largest absolute Gasteiger partial charge is 0.508 e. The van der Waals surface area contributed by atoms with Gasteiger partial charge in [-0.15, -0.1) is 0 Å². The Labute approximate surface area is 118 Å². The molecule has 0 saturated carbocycles. The molecule has 1 unspecified atom stereocenters. The molecule has 0 saturated heterocycles. The summed E-state index contributed by atoms with van der Waals surface area (Å²) in [6.45, 7) is 0.335. The van der Waals surface area contributed by atoms with Gasteiger partial charge in [-0.1, -0.05) is 12.1 Å². The van der Waals surface area contributed by atoms with Gasteiger partial charge >= 0.3 is 0 Å². The van der Waals surface area contributed by atoms with Gasteiger partial charge in [0, 0.05) is 27.1 Å². The quantitative estimate of drug-likeness (QED) is 0.675. The Morgan fingerprint density at radius 2 is 1.95 bits per heavy atom. The number of phenolic OH excluding ortho intramolecular Hbond substituents is 1. The summed E-state index contributed by atoms with van der Waals surface area (Å²) in [4.78, 5) is 24.6. The van der Waals surface area contributed by atoms with E-state index < -0.39 is 6.04 Å². The van der Waals surface area contributed by atoms with E-state index in [4.69, 9.17) is 5.73 Å². The minimum atomic E-state index is -0.658. The fourth-order valence-corrected chi connectivity index (χ4v) is 1.76. The fraction of sp³-hybridized carbons (Fsp3) is 0.429. The summed E-state index contributed by atoms with van der Waals surface area (Å²) < 4.78 is 0. The van der Waals surface area contributed by atoms with Gasteiger partial charge in [-0.3, -0.25) is 9.59 Å². The number of carbonyl (C=O) groups excluding carboxylic acids is 2. The lowest BCUT2D eigenvalue weighted by molar-refractivity contribution is -0.131. The molecule has 1 aromatic rings. The zero-order valence-electron chi connectivity index (χ0n) is 11.8. The van der Waals surface area contributed by atoms with E-state index in [2.05, 4.69) is 5.32 Å². The Hall–Kier alpha value is -2.08. The van der Waals surface area contributed by atoms with Crippen LogP contribution >= 0.6 is 0 Å². The molecule has 6 heteroatoms. The maximum absolute atomic E-state index is 12.0. The van der Waals surface area contributed by atoms with E-state index in [9.17, 15) is 14.7 Å². The minimum absolute atomic E-state index is 0.114. The number of nitrogens with two attached hydrogens (primary N) is 1. The van der Waals surface area contributed by atoms with Crippen LogP contribution in [0.4, 0.5) is 0 Å². The number of phenols is 1. The highest BCUT2D eigenvalue weighted by atomic mass is 16.3. The molecule has 4 N–H and O–H groups in total. The summed E-state index contributed by atoms with van der Waals surface area (Å²) in [6.07, 6.45) is 0.647. The molecule has 1 aromatic carbocycles. The minimum Gasteiger partial charge on any atom is -0.508 e. The van der Waals surface area contributed by atoms with Crippen LogP contribution in [-0.2, 0) is 16.0 Å². The van der Waals surface area contributed by atoms with E-state index in [1.54, 1.807) is 38.4 Å². The number of nitrogens with zero attached hydrogens (tertiary/aromatic N) is 1. The van der Waals surface area contributed by atoms with Crippen molar-refractivity contribution in [3.63, 3.8) is 0 Å². The van der Waals surface area contributed by atoms with Crippen molar-refractivity contribution >= 4 is 11.8 Å². The highest BCUT2D eigenvalue weighted by Crippen LogP contribution is 2.11. The molecule has 1 atom stereocenters. The third kappa shape index (κ3) is 4.89. The molecule has 0 fully saturated rings. The van der Waals surface area contributed by atoms with Crippen molar-refractivity contribution < 1.29 is 14.7 Å². The standard InChI is InChI=1S/C14H21N3O3/c1-16-13(19)7-8-17(2)14(20)12(15)9-10-3-5-11(18)6-4-10/h3-6,12,18H,7-9,15H2,1-2H3,(H,16,19). The summed E-state index contributed by atoms with van der Waals surface area (Å²) in [5, 5.41) is 11.7. The summed E-state index contributed by atoms with van der Waals surface area (Å²) in [7, 11) is 3.18. The number of hydrogen-bond acceptors (Lipinski definition) is 4. The zero-order valence-corrected chi connectivity index (χ0v) is 11.8. The van der Waals surface area contributed by atoms with E-state index >= 15 is 0 Å². The molecule has 0 aliphatic rings. The predicted molar refractivity (Wildman–Crippen MR) is 76.1 cm³/mol. The van der Waals surface area contributed by atoms with Crippen LogP contribution in [-0.4, -0.2) is 48.5 Å². The fourth-order valence-electron chi connectivity index (χ4n) is 1.76. The molecule has 0 radical (unpaired) electrons. The van der Waals surface area contributed by atoms with E-state index in [0.29, 0.717) is 13.0 Å². The molecule has 0 aliphatic heterocycles. The van der Waals surface area contributed by atoms with Crippen LogP contribution in [0, 0.1) is 0 Å². The normalized spacial score (nSPS) is 11.8. The van der Waals surface area contributed by atoms with Crippen LogP contribution in [0.25, 0.3) is 0 Å². The molecule has 0 heterocycles. The number of carbonyl (C=O) groups is 2. The van der Waals surface area contributed by atoms with E-state index in [0.717, 1.165) is 5.56 Å². The molecule has 0 spiro atoms. The highest BCUT2D eigenvalue weighted by molar-refractivity contribution is 5.82. The van der Waals surface area contributed by atoms with Gasteiger partial charge in [-0.05, 0) is 24.1 Å². The zero-order chi connectivity index (χ0) is 15.1. The van der Waals surface area contributed by atoms with Crippen molar-refractivity contribution in [3.8, 4) is 5.75 Å². The predicted octanol–water partition coefficient (Wildman–Crippen LogP) is -0.143. The Kier molecular flexibility index (Phi) is 5.99. The van der Waals surface area contributed by atoms with Crippen LogP contribution in [0.3, 0.4) is 0 Å². The van der Waals surface area contributed by atoms with Crippen molar-refractivity contribution in [2.45, 2.75) is 18.9 Å². The SMILES string of the molecule is CNC(=O)CCN(C)C(=O)C(N)Cc1ccc(O)cc1. The monoisotopic (exact) mass is 279 g/mol. The molecule has 110 valence electrons. The van der Waals surface area contributed by atoms with Crippen LogP contribution in [0.1, 0.15) is 12.0 Å². The molecular weight excluding hydrogens is 258 g/mol. The molecule has 20 heavy (non-hydrogen) atoms. The maximum Gasteiger partial charge on any atom is 0.239 e. The first-order valence-electron chi connectivity index (χ1n) is 6.43. The average Bonchev–Trinajstić information content (AvgIpc) is 2.45. The van der Waals surface area contributed by atoms with Crippen LogP contribution in [0.5, 0.6) is 5.75 Å². The Bertz CT molecular complexity index is 459. The second-order valence-corrected chi connectivity index (χ2v) is 4.66. The Balaban J connectivity index is 2.49. The van der Waals surface area contributed by atoms with Gasteiger partial charge in [0.1, 0.15) is 5.75 Å². The van der Waals surface area contributed by atoms with Crippen LogP contribution < -0.4 is 11.1 Å². The van der Waals surface area contributed by atoms with E-state index in [-0.39, 0.29) is 24.0 Å². The highest BCUT2D eigenvalue weighted by Gasteiger charge is 2.18. The lowest BCUT2D eigenvalue weighted by Crippen LogP contribution is -2.44. The van der Waals surface area contributed by atoms with Crippen molar-refractivity contribution in [2.24, 2.45) is 5.73 Å². The number of rotatable bonds is 6. The number of benzene rings is 1. The van der Waals surface area contributed by atoms with Crippen molar-refractivity contribution in [1.29, 1.82) is 0 Å². The van der Waals surface area contributed by atoms with E-state index in [1.165, 1.54) is 4.90 Å². The Morgan fingerprint density at radius 1 is 1.35 bits per heavy atom. The van der Waals surface area contributed by atoms with Gasteiger partial charge in [0.25, 0.3) is 0 Å². The molecule has 1 rings (SSSR count). The third-order valence-electron chi connectivity index (χ3n) is 3.04. The number of amides is 2. The number of nitrogens with one attached hydrogen (secondary N) is 1. The molecule has 6 nitrogen and oxygen atoms in total. The number of likely N-dealkylation sites (N-methyl/N-ethyl adjacent to an activating group) is 1. The van der Waals surface area contributed by atoms with Gasteiger partial charge in [0.05, 0.1) is 6.04 Å². The van der Waals surface area contributed by atoms with Gasteiger partial charge in [-0.25, -0.2) is 0 Å². The summed E-state index contributed by atoms with van der Waals surface area (Å²) >= 11 is 0. The van der Waals surface area contributed by atoms with Crippen LogP contribution in [0.15, 0.2) is 24.3 Å². The van der Waals surface area contributed by atoms with Gasteiger partial charge < -0.3 is 21.1 Å². The van der Waals surface area contributed by atoms with Crippen molar-refractivity contribution in [1.82, 2.24) is 10.2 Å². The first-order valence-corrected chi connectivity index (χ1v) is 6.43. The first kappa shape index (κ1) is 16.0. The second kappa shape index (κ2) is 7.49. The number of aromatic hydroxyl groups is 1. The summed E-state index contributed by atoms with van der Waals surface area (Å²) in [5.74, 6) is -0.143. The van der Waals surface area contributed by atoms with Crippen molar-refractivity contribution in [3.05, 3.63) is 29.8 Å². The smallest absolute Gasteiger partial charge is 0.239 e. The topological polar surface area (TPSA) is 95.7 Å². The van der Waals surface area contributed by atoms with Crippen molar-refractivity contribution in [2.75, 3.05) is 20.6 Å². The molecular formula is C14H21N3O3. The second-order valence-electron chi connectivity index (χ2n) is 4.66. The average molecular weight is 279 g/mol. The Morgan fingerprint density at radius 3 is 2.50 bits per heavy atom.